The molecule has 0 radical (unpaired) electrons. The van der Waals surface area contributed by atoms with Gasteiger partial charge < -0.3 is 4.74 Å². The average Bonchev–Trinajstić information content (AvgIpc) is 2.01. The number of aryl methyl sites for hydroxylation is 1. The van der Waals surface area contributed by atoms with Crippen LogP contribution >= 0.6 is 15.9 Å². The van der Waals surface area contributed by atoms with Crippen LogP contribution < -0.4 is 4.74 Å². The molecule has 0 aliphatic heterocycles. The first-order valence-corrected chi connectivity index (χ1v) is 5.37. The topological polar surface area (TPSA) is 9.23 Å². The van der Waals surface area contributed by atoms with E-state index in [1.54, 1.807) is 0 Å². The van der Waals surface area contributed by atoms with Crippen molar-refractivity contribution < 1.29 is 4.74 Å². The minimum atomic E-state index is 0.235. The quantitative estimate of drug-likeness (QED) is 0.784. The van der Waals surface area contributed by atoms with Crippen LogP contribution in [0.15, 0.2) is 22.7 Å². The van der Waals surface area contributed by atoms with Gasteiger partial charge in [-0.3, -0.25) is 0 Å². The molecule has 0 saturated carbocycles. The van der Waals surface area contributed by atoms with Gasteiger partial charge in [-0.05, 0) is 44.0 Å². The highest BCUT2D eigenvalue weighted by molar-refractivity contribution is 9.10. The molecule has 1 aromatic rings. The predicted molar refractivity (Wildman–Crippen MR) is 59.3 cm³/mol. The molecule has 0 aliphatic carbocycles. The summed E-state index contributed by atoms with van der Waals surface area (Å²) in [6.07, 6.45) is 1.27. The molecule has 0 fully saturated rings. The van der Waals surface area contributed by atoms with Crippen molar-refractivity contribution in [1.29, 1.82) is 0 Å². The molecule has 0 bridgehead atoms. The Balaban J connectivity index is 2.88. The van der Waals surface area contributed by atoms with E-state index >= 15 is 0 Å². The zero-order valence-electron chi connectivity index (χ0n) is 8.30. The fourth-order valence-corrected chi connectivity index (χ4v) is 1.68. The lowest BCUT2D eigenvalue weighted by Gasteiger charge is -2.11. The van der Waals surface area contributed by atoms with Gasteiger partial charge in [0, 0.05) is 4.47 Å². The standard InChI is InChI=1S/C11H15BrO/c1-4-9-5-10(12)7-11(6-9)13-8(2)3/h5-8H,4H2,1-3H3. The molecule has 2 heteroatoms. The predicted octanol–water partition coefficient (Wildman–Crippen LogP) is 3.80. The average molecular weight is 243 g/mol. The van der Waals surface area contributed by atoms with Gasteiger partial charge in [0.25, 0.3) is 0 Å². The molecule has 0 amide bonds. The van der Waals surface area contributed by atoms with Gasteiger partial charge in [0.05, 0.1) is 6.10 Å². The van der Waals surface area contributed by atoms with Crippen LogP contribution in [0.4, 0.5) is 0 Å². The molecule has 1 aromatic carbocycles. The maximum absolute atomic E-state index is 5.61. The number of halogens is 1. The Morgan fingerprint density at radius 1 is 1.31 bits per heavy atom. The summed E-state index contributed by atoms with van der Waals surface area (Å²) in [6, 6.07) is 6.21. The number of hydrogen-bond donors (Lipinski definition) is 0. The normalized spacial score (nSPS) is 10.5. The van der Waals surface area contributed by atoms with Crippen molar-refractivity contribution in [3.05, 3.63) is 28.2 Å². The largest absolute Gasteiger partial charge is 0.491 e. The van der Waals surface area contributed by atoms with Crippen molar-refractivity contribution in [2.45, 2.75) is 33.3 Å². The van der Waals surface area contributed by atoms with E-state index in [1.807, 2.05) is 19.9 Å². The second-order valence-corrected chi connectivity index (χ2v) is 4.23. The second kappa shape index (κ2) is 4.66. The monoisotopic (exact) mass is 242 g/mol. The zero-order valence-corrected chi connectivity index (χ0v) is 9.89. The number of ether oxygens (including phenoxy) is 1. The number of rotatable bonds is 3. The van der Waals surface area contributed by atoms with Crippen molar-refractivity contribution >= 4 is 15.9 Å². The van der Waals surface area contributed by atoms with Gasteiger partial charge in [-0.1, -0.05) is 22.9 Å². The zero-order chi connectivity index (χ0) is 9.84. The van der Waals surface area contributed by atoms with Gasteiger partial charge in [-0.25, -0.2) is 0 Å². The molecule has 0 N–H and O–H groups in total. The lowest BCUT2D eigenvalue weighted by Crippen LogP contribution is -2.05. The Bertz CT molecular complexity index is 281. The molecule has 1 rings (SSSR count). The van der Waals surface area contributed by atoms with E-state index in [0.717, 1.165) is 16.6 Å². The van der Waals surface area contributed by atoms with Crippen LogP contribution in [-0.2, 0) is 6.42 Å². The fourth-order valence-electron chi connectivity index (χ4n) is 1.17. The third-order valence-corrected chi connectivity index (χ3v) is 2.17. The van der Waals surface area contributed by atoms with Gasteiger partial charge >= 0.3 is 0 Å². The number of benzene rings is 1. The molecule has 13 heavy (non-hydrogen) atoms. The summed E-state index contributed by atoms with van der Waals surface area (Å²) in [6.45, 7) is 6.21. The molecule has 0 unspecified atom stereocenters. The molecule has 0 saturated heterocycles. The SMILES string of the molecule is CCc1cc(Br)cc(OC(C)C)c1. The highest BCUT2D eigenvalue weighted by Crippen LogP contribution is 2.22. The Hall–Kier alpha value is -0.500. The molecule has 0 aliphatic rings. The van der Waals surface area contributed by atoms with Crippen molar-refractivity contribution in [2.75, 3.05) is 0 Å². The summed E-state index contributed by atoms with van der Waals surface area (Å²) in [5.74, 6) is 0.946. The van der Waals surface area contributed by atoms with E-state index in [1.165, 1.54) is 5.56 Å². The summed E-state index contributed by atoms with van der Waals surface area (Å²) in [7, 11) is 0. The summed E-state index contributed by atoms with van der Waals surface area (Å²) in [5.41, 5.74) is 1.30. The van der Waals surface area contributed by atoms with Crippen LogP contribution in [0.1, 0.15) is 26.3 Å². The van der Waals surface area contributed by atoms with Crippen molar-refractivity contribution in [3.8, 4) is 5.75 Å². The molecule has 0 heterocycles. The summed E-state index contributed by atoms with van der Waals surface area (Å²) in [5, 5.41) is 0. The number of hydrogen-bond acceptors (Lipinski definition) is 1. The van der Waals surface area contributed by atoms with Crippen molar-refractivity contribution in [2.24, 2.45) is 0 Å². The molecule has 0 aromatic heterocycles. The first-order chi connectivity index (χ1) is 6.11. The first-order valence-electron chi connectivity index (χ1n) is 4.58. The Morgan fingerprint density at radius 3 is 2.54 bits per heavy atom. The van der Waals surface area contributed by atoms with Crippen molar-refractivity contribution in [3.63, 3.8) is 0 Å². The Labute approximate surface area is 88.2 Å². The fraction of sp³-hybridized carbons (Fsp3) is 0.455. The van der Waals surface area contributed by atoms with Crippen LogP contribution in [0, 0.1) is 0 Å². The maximum Gasteiger partial charge on any atom is 0.121 e. The Kier molecular flexibility index (Phi) is 3.79. The summed E-state index contributed by atoms with van der Waals surface area (Å²) >= 11 is 3.46. The van der Waals surface area contributed by atoms with Gasteiger partial charge in [0.1, 0.15) is 5.75 Å². The van der Waals surface area contributed by atoms with Gasteiger partial charge in [-0.15, -0.1) is 0 Å². The highest BCUT2D eigenvalue weighted by Gasteiger charge is 2.00. The third-order valence-electron chi connectivity index (χ3n) is 1.71. The van der Waals surface area contributed by atoms with Crippen LogP contribution in [0.3, 0.4) is 0 Å². The van der Waals surface area contributed by atoms with E-state index in [2.05, 4.69) is 35.0 Å². The minimum absolute atomic E-state index is 0.235. The third kappa shape index (κ3) is 3.39. The maximum atomic E-state index is 5.61. The van der Waals surface area contributed by atoms with Crippen LogP contribution in [0.25, 0.3) is 0 Å². The summed E-state index contributed by atoms with van der Waals surface area (Å²) < 4.78 is 6.69. The highest BCUT2D eigenvalue weighted by atomic mass is 79.9. The van der Waals surface area contributed by atoms with E-state index in [4.69, 9.17) is 4.74 Å². The van der Waals surface area contributed by atoms with E-state index in [9.17, 15) is 0 Å². The van der Waals surface area contributed by atoms with Gasteiger partial charge in [-0.2, -0.15) is 0 Å². The molecular formula is C11H15BrO. The van der Waals surface area contributed by atoms with Gasteiger partial charge in [0.2, 0.25) is 0 Å². The second-order valence-electron chi connectivity index (χ2n) is 3.32. The van der Waals surface area contributed by atoms with E-state index in [0.29, 0.717) is 0 Å². The molecule has 1 nitrogen and oxygen atoms in total. The van der Waals surface area contributed by atoms with Gasteiger partial charge in [0.15, 0.2) is 0 Å². The summed E-state index contributed by atoms with van der Waals surface area (Å²) in [4.78, 5) is 0. The van der Waals surface area contributed by atoms with E-state index in [-0.39, 0.29) is 6.10 Å². The molecule has 0 spiro atoms. The molecule has 0 atom stereocenters. The lowest BCUT2D eigenvalue weighted by atomic mass is 10.2. The Morgan fingerprint density at radius 2 is 2.00 bits per heavy atom. The van der Waals surface area contributed by atoms with Crippen LogP contribution in [-0.4, -0.2) is 6.10 Å². The van der Waals surface area contributed by atoms with Crippen LogP contribution in [0.5, 0.6) is 5.75 Å². The molecular weight excluding hydrogens is 228 g/mol. The minimum Gasteiger partial charge on any atom is -0.491 e. The first kappa shape index (κ1) is 10.6. The van der Waals surface area contributed by atoms with Crippen molar-refractivity contribution in [1.82, 2.24) is 0 Å². The van der Waals surface area contributed by atoms with Crippen LogP contribution in [0.2, 0.25) is 0 Å². The smallest absolute Gasteiger partial charge is 0.121 e. The van der Waals surface area contributed by atoms with E-state index < -0.39 is 0 Å². The molecule has 72 valence electrons. The lowest BCUT2D eigenvalue weighted by molar-refractivity contribution is 0.242.